The van der Waals surface area contributed by atoms with Gasteiger partial charge in [0, 0.05) is 52.1 Å². The van der Waals surface area contributed by atoms with Crippen LogP contribution in [0.1, 0.15) is 109 Å². The molecule has 6 aromatic rings. The molecule has 3 N–H and O–H groups in total. The maximum absolute atomic E-state index is 12.2. The van der Waals surface area contributed by atoms with Crippen LogP contribution in [0.3, 0.4) is 0 Å². The molecule has 0 atom stereocenters. The average Bonchev–Trinajstić information content (AvgIpc) is 4.22. The van der Waals surface area contributed by atoms with Gasteiger partial charge in [0.1, 0.15) is 16.8 Å². The molecule has 0 unspecified atom stereocenters. The summed E-state index contributed by atoms with van der Waals surface area (Å²) in [6.45, 7) is 13.3. The number of thiazole rings is 3. The van der Waals surface area contributed by atoms with E-state index in [0.717, 1.165) is 107 Å². The van der Waals surface area contributed by atoms with Crippen molar-refractivity contribution in [1.29, 1.82) is 0 Å². The topological polar surface area (TPSA) is 191 Å². The summed E-state index contributed by atoms with van der Waals surface area (Å²) in [6, 6.07) is 17.4. The molecule has 19 heteroatoms. The minimum Gasteiger partial charge on any atom is -0.483 e. The first-order valence-corrected chi connectivity index (χ1v) is 27.7. The molecule has 0 fully saturated rings. The third-order valence-electron chi connectivity index (χ3n) is 12.9. The van der Waals surface area contributed by atoms with Gasteiger partial charge in [-0.05, 0) is 105 Å². The minimum absolute atomic E-state index is 0.0511. The van der Waals surface area contributed by atoms with Gasteiger partial charge in [0.25, 0.3) is 17.7 Å². The molecule has 3 amide bonds. The van der Waals surface area contributed by atoms with Crippen molar-refractivity contribution in [3.8, 4) is 34.5 Å². The van der Waals surface area contributed by atoms with Crippen LogP contribution >= 0.6 is 34.0 Å². The predicted molar refractivity (Wildman–Crippen MR) is 285 cm³/mol. The molecule has 0 bridgehead atoms. The predicted octanol–water partition coefficient (Wildman–Crippen LogP) is 10.1. The number of amides is 3. The highest BCUT2D eigenvalue weighted by Gasteiger charge is 2.35. The van der Waals surface area contributed by atoms with Gasteiger partial charge in [0.05, 0.1) is 35.2 Å². The number of fused-ring (bicyclic) bond motifs is 6. The number of benzene rings is 3. The standard InChI is InChI=1S/C19H22N2O3S.C18H20N2O4S.C18H20N2O3S/c1-19(2)10-12-6-5-8-14(17(12)24-19)23-11-16(22)21-18-20-13-7-3-4-9-15(13)25-18;1-18(2)8-11-4-3-5-13(16(11)24-18)23-10-15(21)20-17-19-12-6-7-22-9-14(12)25-17;1-18(2)9-11-5-3-7-13(16(11)23-18)22-10-15(21)20-17-19-12-6-4-8-14(12)24-17/h5-6,8H,3-4,7,9-11H2,1-2H3,(H,20,21,22);3-5H,6-10H2,1-2H3,(H,19,20,21);3,5,7H,4,6,8-10H2,1-2H3,(H,19,20,21). The summed E-state index contributed by atoms with van der Waals surface area (Å²) >= 11 is 4.61. The van der Waals surface area contributed by atoms with Crippen LogP contribution in [-0.4, -0.2) is 75.9 Å². The Kier molecular flexibility index (Phi) is 14.9. The van der Waals surface area contributed by atoms with Gasteiger partial charge >= 0.3 is 0 Å². The molecule has 12 rings (SSSR count). The first kappa shape index (κ1) is 51.2. The zero-order chi connectivity index (χ0) is 51.6. The van der Waals surface area contributed by atoms with Crippen molar-refractivity contribution >= 4 is 67.1 Å². The average molecular weight is 1060 g/mol. The Labute approximate surface area is 442 Å². The Morgan fingerprint density at radius 3 is 1.27 bits per heavy atom. The fourth-order valence-electron chi connectivity index (χ4n) is 9.73. The Balaban J connectivity index is 0.000000127. The number of nitrogens with zero attached hydrogens (tertiary/aromatic N) is 3. The Morgan fingerprint density at radius 2 is 0.865 bits per heavy atom. The zero-order valence-electron chi connectivity index (χ0n) is 42.7. The van der Waals surface area contributed by atoms with Gasteiger partial charge in [-0.1, -0.05) is 47.7 Å². The van der Waals surface area contributed by atoms with Crippen LogP contribution < -0.4 is 44.4 Å². The summed E-state index contributed by atoms with van der Waals surface area (Å²) in [4.78, 5) is 53.7. The SMILES string of the molecule is CC1(C)Cc2cccc(OCC(=O)Nc3nc4c(s3)CCC4)c2O1.CC1(C)Cc2cccc(OCC(=O)Nc3nc4c(s3)CCCC4)c2O1.CC1(C)Cc2cccc(OCC(=O)Nc3nc4c(s3)COCC4)c2O1. The Morgan fingerprint density at radius 1 is 0.500 bits per heavy atom. The van der Waals surface area contributed by atoms with E-state index in [0.29, 0.717) is 45.9 Å². The number of aromatic nitrogens is 3. The second-order valence-corrected chi connectivity index (χ2v) is 24.1. The van der Waals surface area contributed by atoms with Gasteiger partial charge in [-0.25, -0.2) is 15.0 Å². The molecule has 3 aromatic carbocycles. The quantitative estimate of drug-likeness (QED) is 0.105. The lowest BCUT2D eigenvalue weighted by molar-refractivity contribution is -0.118. The van der Waals surface area contributed by atoms with Crippen molar-refractivity contribution in [2.24, 2.45) is 0 Å². The summed E-state index contributed by atoms with van der Waals surface area (Å²) < 4.78 is 40.4. The highest BCUT2D eigenvalue weighted by atomic mass is 32.1. The molecule has 0 saturated carbocycles. The molecule has 4 aliphatic heterocycles. The maximum Gasteiger partial charge on any atom is 0.264 e. The molecule has 74 heavy (non-hydrogen) atoms. The molecule has 16 nitrogen and oxygen atoms in total. The number of rotatable bonds is 12. The van der Waals surface area contributed by atoms with Crippen molar-refractivity contribution in [3.05, 3.63) is 103 Å². The highest BCUT2D eigenvalue weighted by molar-refractivity contribution is 7.16. The van der Waals surface area contributed by atoms with Crippen LogP contribution in [0.25, 0.3) is 0 Å². The van der Waals surface area contributed by atoms with Gasteiger partial charge in [-0.15, -0.1) is 22.7 Å². The lowest BCUT2D eigenvalue weighted by Crippen LogP contribution is -2.25. The summed E-state index contributed by atoms with van der Waals surface area (Å²) in [6.07, 6.45) is 11.0. The number of para-hydroxylation sites is 3. The number of hydrogen-bond acceptors (Lipinski definition) is 16. The monoisotopic (exact) mass is 1060 g/mol. The van der Waals surface area contributed by atoms with Gasteiger partial charge in [-0.3, -0.25) is 30.3 Å². The molecule has 0 spiro atoms. The van der Waals surface area contributed by atoms with E-state index in [4.69, 9.17) is 33.2 Å². The smallest absolute Gasteiger partial charge is 0.264 e. The van der Waals surface area contributed by atoms with Crippen LogP contribution in [0.2, 0.25) is 0 Å². The number of hydrogen-bond donors (Lipinski definition) is 3. The molecule has 3 aromatic heterocycles. The van der Waals surface area contributed by atoms with Crippen molar-refractivity contribution in [3.63, 3.8) is 0 Å². The van der Waals surface area contributed by atoms with E-state index >= 15 is 0 Å². The summed E-state index contributed by atoms with van der Waals surface area (Å²) in [5.74, 6) is 3.47. The maximum atomic E-state index is 12.2. The second-order valence-electron chi connectivity index (χ2n) is 20.9. The lowest BCUT2D eigenvalue weighted by atomic mass is 10.0. The highest BCUT2D eigenvalue weighted by Crippen LogP contribution is 2.44. The zero-order valence-corrected chi connectivity index (χ0v) is 45.1. The first-order valence-electron chi connectivity index (χ1n) is 25.2. The van der Waals surface area contributed by atoms with Crippen LogP contribution in [0.4, 0.5) is 15.4 Å². The Hall–Kier alpha value is -6.28. The van der Waals surface area contributed by atoms with Crippen molar-refractivity contribution < 1.29 is 47.5 Å². The van der Waals surface area contributed by atoms with E-state index in [-0.39, 0.29) is 54.3 Å². The molecule has 390 valence electrons. The van der Waals surface area contributed by atoms with E-state index in [2.05, 4.69) is 30.9 Å². The largest absolute Gasteiger partial charge is 0.483 e. The van der Waals surface area contributed by atoms with E-state index in [1.165, 1.54) is 40.4 Å². The number of nitrogens with one attached hydrogen (secondary N) is 3. The lowest BCUT2D eigenvalue weighted by Gasteiger charge is -2.18. The van der Waals surface area contributed by atoms with Crippen LogP contribution in [0.15, 0.2) is 54.6 Å². The summed E-state index contributed by atoms with van der Waals surface area (Å²) in [7, 11) is 0. The molecule has 0 saturated heterocycles. The summed E-state index contributed by atoms with van der Waals surface area (Å²) in [5.41, 5.74) is 5.93. The van der Waals surface area contributed by atoms with Crippen molar-refractivity contribution in [1.82, 2.24) is 15.0 Å². The minimum atomic E-state index is -0.244. The third kappa shape index (κ3) is 12.4. The van der Waals surface area contributed by atoms with E-state index in [1.807, 2.05) is 96.1 Å². The molecular formula is C55H62N6O10S3. The van der Waals surface area contributed by atoms with Gasteiger partial charge in [0.2, 0.25) is 0 Å². The fourth-order valence-corrected chi connectivity index (χ4v) is 12.8. The van der Waals surface area contributed by atoms with Gasteiger partial charge in [-0.2, -0.15) is 0 Å². The number of aryl methyl sites for hydroxylation is 4. The molecule has 2 aliphatic carbocycles. The first-order chi connectivity index (χ1) is 35.5. The summed E-state index contributed by atoms with van der Waals surface area (Å²) in [5, 5.41) is 10.4. The van der Waals surface area contributed by atoms with E-state index in [9.17, 15) is 14.4 Å². The van der Waals surface area contributed by atoms with Crippen LogP contribution in [-0.2, 0) is 77.1 Å². The van der Waals surface area contributed by atoms with Crippen molar-refractivity contribution in [2.45, 2.75) is 136 Å². The normalized spacial score (nSPS) is 17.3. The number of carbonyl (C=O) groups is 3. The van der Waals surface area contributed by atoms with E-state index in [1.54, 1.807) is 22.7 Å². The number of anilines is 3. The van der Waals surface area contributed by atoms with Gasteiger partial charge in [0.15, 0.2) is 69.7 Å². The second kappa shape index (κ2) is 21.5. The molecule has 7 heterocycles. The Bertz CT molecular complexity index is 2860. The third-order valence-corrected chi connectivity index (χ3v) is 16.0. The number of ether oxygens (including phenoxy) is 7. The fraction of sp³-hybridized carbons (Fsp3) is 0.455. The molecule has 0 radical (unpaired) electrons. The van der Waals surface area contributed by atoms with Crippen LogP contribution in [0, 0.1) is 0 Å². The van der Waals surface area contributed by atoms with Crippen LogP contribution in [0.5, 0.6) is 34.5 Å². The van der Waals surface area contributed by atoms with E-state index < -0.39 is 0 Å². The van der Waals surface area contributed by atoms with Crippen molar-refractivity contribution in [2.75, 3.05) is 42.4 Å². The van der Waals surface area contributed by atoms with Gasteiger partial charge < -0.3 is 33.2 Å². The molecular weight excluding hydrogens is 1000 g/mol. The molecule has 6 aliphatic rings. The number of carbonyl (C=O) groups excluding carboxylic acids is 3.